The molecule has 0 atom stereocenters. The molecular weight excluding hydrogens is 384 g/mol. The van der Waals surface area contributed by atoms with Crippen molar-refractivity contribution in [2.75, 3.05) is 44.6 Å². The second-order valence-corrected chi connectivity index (χ2v) is 8.55. The van der Waals surface area contributed by atoms with Gasteiger partial charge < -0.3 is 19.9 Å². The molecule has 2 aromatic carbocycles. The van der Waals surface area contributed by atoms with Crippen LogP contribution in [0.15, 0.2) is 48.5 Å². The van der Waals surface area contributed by atoms with Crippen LogP contribution in [-0.2, 0) is 11.3 Å². The first kappa shape index (κ1) is 19.8. The van der Waals surface area contributed by atoms with Gasteiger partial charge in [-0.15, -0.1) is 11.3 Å². The van der Waals surface area contributed by atoms with Crippen molar-refractivity contribution in [3.8, 4) is 5.75 Å². The number of ether oxygens (including phenoxy) is 1. The van der Waals surface area contributed by atoms with E-state index in [1.165, 1.54) is 14.6 Å². The number of carbonyl (C=O) groups excluding carboxylic acids is 1. The topological polar surface area (TPSA) is 60.1 Å². The number of hydrogen-bond acceptors (Lipinski definition) is 4. The number of hydrogen-bond donors (Lipinski definition) is 3. The molecule has 0 aliphatic carbocycles. The van der Waals surface area contributed by atoms with Crippen molar-refractivity contribution in [1.29, 1.82) is 0 Å². The number of quaternary nitrogens is 2. The lowest BCUT2D eigenvalue weighted by Gasteiger charge is -2.28. The van der Waals surface area contributed by atoms with Gasteiger partial charge in [-0.05, 0) is 43.3 Å². The fourth-order valence-electron chi connectivity index (χ4n) is 3.75. The van der Waals surface area contributed by atoms with Crippen LogP contribution in [0.2, 0.25) is 0 Å². The molecule has 0 unspecified atom stereocenters. The van der Waals surface area contributed by atoms with Gasteiger partial charge in [0.25, 0.3) is 5.91 Å². The first-order chi connectivity index (χ1) is 14.2. The molecule has 152 valence electrons. The van der Waals surface area contributed by atoms with Crippen LogP contribution in [0.1, 0.15) is 11.9 Å². The zero-order chi connectivity index (χ0) is 20.1. The molecule has 1 amide bonds. The van der Waals surface area contributed by atoms with E-state index in [9.17, 15) is 4.79 Å². The second-order valence-electron chi connectivity index (χ2n) is 7.43. The van der Waals surface area contributed by atoms with Gasteiger partial charge in [0, 0.05) is 5.69 Å². The predicted molar refractivity (Wildman–Crippen MR) is 116 cm³/mol. The van der Waals surface area contributed by atoms with E-state index < -0.39 is 0 Å². The van der Waals surface area contributed by atoms with Crippen LogP contribution in [0.5, 0.6) is 5.75 Å². The average molecular weight is 413 g/mol. The monoisotopic (exact) mass is 412 g/mol. The molecule has 1 saturated heterocycles. The molecule has 6 nitrogen and oxygen atoms in total. The summed E-state index contributed by atoms with van der Waals surface area (Å²) in [5, 5.41) is 4.20. The fraction of sp³-hybridized carbons (Fsp3) is 0.364. The zero-order valence-corrected chi connectivity index (χ0v) is 17.6. The Hall–Kier alpha value is -2.48. The molecule has 0 spiro atoms. The predicted octanol–water partition coefficient (Wildman–Crippen LogP) is 0.617. The molecule has 29 heavy (non-hydrogen) atoms. The largest absolute Gasteiger partial charge is 0.494 e. The minimum Gasteiger partial charge on any atom is -0.494 e. The summed E-state index contributed by atoms with van der Waals surface area (Å²) in [5.74, 6) is 0.891. The van der Waals surface area contributed by atoms with Crippen LogP contribution in [0, 0.1) is 0 Å². The van der Waals surface area contributed by atoms with E-state index in [2.05, 4.69) is 23.5 Å². The van der Waals surface area contributed by atoms with Crippen LogP contribution in [-0.4, -0.2) is 50.2 Å². The first-order valence-corrected chi connectivity index (χ1v) is 11.1. The van der Waals surface area contributed by atoms with Crippen molar-refractivity contribution >= 4 is 33.1 Å². The minimum absolute atomic E-state index is 0.0683. The Balaban J connectivity index is 1.22. The molecule has 4 rings (SSSR count). The van der Waals surface area contributed by atoms with Crippen molar-refractivity contribution in [2.24, 2.45) is 0 Å². The van der Waals surface area contributed by atoms with E-state index in [1.54, 1.807) is 16.2 Å². The Labute approximate surface area is 175 Å². The number of aromatic nitrogens is 1. The average Bonchev–Trinajstić information content (AvgIpc) is 3.13. The van der Waals surface area contributed by atoms with Crippen LogP contribution < -0.4 is 19.9 Å². The molecule has 1 aromatic heterocycles. The third kappa shape index (κ3) is 5.32. The van der Waals surface area contributed by atoms with E-state index in [-0.39, 0.29) is 5.91 Å². The van der Waals surface area contributed by atoms with Gasteiger partial charge >= 0.3 is 0 Å². The van der Waals surface area contributed by atoms with Gasteiger partial charge in [-0.2, -0.15) is 0 Å². The zero-order valence-electron chi connectivity index (χ0n) is 16.7. The molecule has 0 radical (unpaired) electrons. The van der Waals surface area contributed by atoms with Crippen molar-refractivity contribution in [1.82, 2.24) is 4.98 Å². The third-order valence-corrected chi connectivity index (χ3v) is 6.30. The lowest BCUT2D eigenvalue weighted by atomic mass is 10.3. The van der Waals surface area contributed by atoms with Gasteiger partial charge in [0.05, 0.1) is 16.8 Å². The van der Waals surface area contributed by atoms with Gasteiger partial charge in [0.1, 0.15) is 43.5 Å². The van der Waals surface area contributed by atoms with Gasteiger partial charge in [0.15, 0.2) is 6.54 Å². The second kappa shape index (κ2) is 9.35. The summed E-state index contributed by atoms with van der Waals surface area (Å²) in [5.41, 5.74) is 1.92. The number of piperazine rings is 1. The maximum Gasteiger partial charge on any atom is 0.279 e. The summed E-state index contributed by atoms with van der Waals surface area (Å²) in [6.45, 7) is 8.25. The highest BCUT2D eigenvalue weighted by molar-refractivity contribution is 7.18. The van der Waals surface area contributed by atoms with Crippen molar-refractivity contribution < 1.29 is 19.3 Å². The molecule has 1 aliphatic rings. The standard InChI is InChI=1S/C22H26N4O2S/c1-2-28-18-9-7-17(8-10-18)23-21(27)15-25-11-13-26(14-12-25)16-22-24-19-5-3-4-6-20(19)29-22/h3-10H,2,11-16H2,1H3,(H,23,27)/p+2. The SMILES string of the molecule is CCOc1ccc(NC(=O)C[NH+]2CC[NH+](Cc3nc4ccccc4s3)CC2)cc1. The van der Waals surface area contributed by atoms with Crippen molar-refractivity contribution in [2.45, 2.75) is 13.5 Å². The molecule has 3 N–H and O–H groups in total. The van der Waals surface area contributed by atoms with Gasteiger partial charge in [0.2, 0.25) is 0 Å². The summed E-state index contributed by atoms with van der Waals surface area (Å²) in [6, 6.07) is 15.9. The molecule has 1 aliphatic heterocycles. The highest BCUT2D eigenvalue weighted by Crippen LogP contribution is 2.20. The van der Waals surface area contributed by atoms with Gasteiger partial charge in [-0.3, -0.25) is 4.79 Å². The van der Waals surface area contributed by atoms with E-state index in [0.29, 0.717) is 13.2 Å². The van der Waals surface area contributed by atoms with Crippen LogP contribution in [0.4, 0.5) is 5.69 Å². The normalized spacial score (nSPS) is 19.2. The summed E-state index contributed by atoms with van der Waals surface area (Å²) in [6.07, 6.45) is 0. The van der Waals surface area contributed by atoms with Crippen molar-refractivity contribution in [3.05, 3.63) is 53.5 Å². The summed E-state index contributed by atoms with van der Waals surface area (Å²) in [7, 11) is 0. The summed E-state index contributed by atoms with van der Waals surface area (Å²) in [4.78, 5) is 20.0. The first-order valence-electron chi connectivity index (χ1n) is 10.2. The maximum absolute atomic E-state index is 12.4. The number of nitrogens with zero attached hydrogens (tertiary/aromatic N) is 1. The van der Waals surface area contributed by atoms with E-state index in [0.717, 1.165) is 49.7 Å². The highest BCUT2D eigenvalue weighted by atomic mass is 32.1. The molecule has 3 aromatic rings. The van der Waals surface area contributed by atoms with E-state index >= 15 is 0 Å². The molecule has 0 saturated carbocycles. The third-order valence-electron chi connectivity index (χ3n) is 5.26. The van der Waals surface area contributed by atoms with Gasteiger partial charge in [-0.1, -0.05) is 12.1 Å². The van der Waals surface area contributed by atoms with E-state index in [1.807, 2.05) is 37.3 Å². The summed E-state index contributed by atoms with van der Waals surface area (Å²) < 4.78 is 6.70. The maximum atomic E-state index is 12.4. The van der Waals surface area contributed by atoms with E-state index in [4.69, 9.17) is 9.72 Å². The number of fused-ring (bicyclic) bond motifs is 1. The van der Waals surface area contributed by atoms with Crippen LogP contribution in [0.3, 0.4) is 0 Å². The highest BCUT2D eigenvalue weighted by Gasteiger charge is 2.25. The Morgan fingerprint density at radius 3 is 2.52 bits per heavy atom. The Bertz CT molecular complexity index is 916. The quantitative estimate of drug-likeness (QED) is 0.533. The lowest BCUT2D eigenvalue weighted by Crippen LogP contribution is -3.28. The van der Waals surface area contributed by atoms with Crippen molar-refractivity contribution in [3.63, 3.8) is 0 Å². The Morgan fingerprint density at radius 2 is 1.79 bits per heavy atom. The minimum atomic E-state index is 0.0683. The number of amides is 1. The lowest BCUT2D eigenvalue weighted by molar-refractivity contribution is -1.01. The number of anilines is 1. The van der Waals surface area contributed by atoms with Crippen LogP contribution in [0.25, 0.3) is 10.2 Å². The van der Waals surface area contributed by atoms with Crippen LogP contribution >= 0.6 is 11.3 Å². The molecule has 2 heterocycles. The molecular formula is C22H28N4O2S+2. The molecule has 0 bridgehead atoms. The number of nitrogens with one attached hydrogen (secondary N) is 3. The molecule has 7 heteroatoms. The Kier molecular flexibility index (Phi) is 6.39. The fourth-order valence-corrected chi connectivity index (χ4v) is 4.79. The number of carbonyl (C=O) groups is 1. The summed E-state index contributed by atoms with van der Waals surface area (Å²) >= 11 is 1.80. The van der Waals surface area contributed by atoms with Gasteiger partial charge in [-0.25, -0.2) is 4.98 Å². The number of benzene rings is 2. The smallest absolute Gasteiger partial charge is 0.279 e. The number of rotatable bonds is 7. The molecule has 1 fully saturated rings. The number of para-hydroxylation sites is 1. The number of thiazole rings is 1. The Morgan fingerprint density at radius 1 is 1.07 bits per heavy atom.